The van der Waals surface area contributed by atoms with E-state index in [-0.39, 0.29) is 11.0 Å². The van der Waals surface area contributed by atoms with Crippen molar-refractivity contribution in [1.82, 2.24) is 24.6 Å². The zero-order chi connectivity index (χ0) is 25.1. The van der Waals surface area contributed by atoms with Crippen LogP contribution in [-0.4, -0.2) is 65.0 Å². The number of nitrogens with one attached hydrogen (secondary N) is 2. The zero-order valence-electron chi connectivity index (χ0n) is 20.6. The molecule has 2 N–H and O–H groups in total. The van der Waals surface area contributed by atoms with Gasteiger partial charge in [0.1, 0.15) is 5.82 Å². The minimum Gasteiger partial charge on any atom is -0.377 e. The van der Waals surface area contributed by atoms with Gasteiger partial charge in [0.15, 0.2) is 5.65 Å². The number of aromatic nitrogens is 3. The van der Waals surface area contributed by atoms with E-state index in [0.717, 1.165) is 66.0 Å². The molecule has 2 aliphatic heterocycles. The summed E-state index contributed by atoms with van der Waals surface area (Å²) in [6.07, 6.45) is 9.94. The molecule has 192 valence electrons. The number of hydrogen-bond acceptors (Lipinski definition) is 6. The van der Waals surface area contributed by atoms with Crippen molar-refractivity contribution in [2.45, 2.75) is 68.4 Å². The minimum absolute atomic E-state index is 0.0259. The summed E-state index contributed by atoms with van der Waals surface area (Å²) < 4.78 is 33.0. The Hall–Kier alpha value is -2.40. The van der Waals surface area contributed by atoms with Gasteiger partial charge < -0.3 is 15.0 Å². The van der Waals surface area contributed by atoms with Gasteiger partial charge in [-0.1, -0.05) is 30.8 Å². The number of thiocarbonyl (C=S) groups is 1. The van der Waals surface area contributed by atoms with E-state index in [2.05, 4.69) is 20.3 Å². The van der Waals surface area contributed by atoms with E-state index in [1.54, 1.807) is 25.4 Å². The molecule has 8 nitrogen and oxygen atoms in total. The predicted molar refractivity (Wildman–Crippen MR) is 144 cm³/mol. The van der Waals surface area contributed by atoms with E-state index in [9.17, 15) is 8.42 Å². The minimum atomic E-state index is -3.57. The van der Waals surface area contributed by atoms with Gasteiger partial charge in [0.25, 0.3) is 0 Å². The Labute approximate surface area is 217 Å². The van der Waals surface area contributed by atoms with Crippen LogP contribution in [0.4, 0.5) is 0 Å². The summed E-state index contributed by atoms with van der Waals surface area (Å²) in [5.41, 5.74) is 3.37. The van der Waals surface area contributed by atoms with Crippen LogP contribution in [0, 0.1) is 0 Å². The number of sulfonamides is 1. The molecule has 2 saturated heterocycles. The first kappa shape index (κ1) is 25.3. The van der Waals surface area contributed by atoms with Crippen molar-refractivity contribution in [2.24, 2.45) is 0 Å². The number of likely N-dealkylation sites (N-methyl/N-ethyl adjacent to an activating group) is 1. The molecule has 2 unspecified atom stereocenters. The van der Waals surface area contributed by atoms with Crippen molar-refractivity contribution in [3.63, 3.8) is 0 Å². The zero-order valence-corrected chi connectivity index (χ0v) is 22.2. The van der Waals surface area contributed by atoms with Crippen LogP contribution in [0.15, 0.2) is 41.4 Å². The molecule has 36 heavy (non-hydrogen) atoms. The molecular formula is C26H33N5O3S2. The van der Waals surface area contributed by atoms with Gasteiger partial charge in [-0.25, -0.2) is 18.4 Å². The number of pyridine rings is 1. The Kier molecular flexibility index (Phi) is 7.66. The van der Waals surface area contributed by atoms with Crippen LogP contribution in [0.2, 0.25) is 0 Å². The number of imidazole rings is 1. The third-order valence-electron chi connectivity index (χ3n) is 7.07. The Morgan fingerprint density at radius 2 is 1.97 bits per heavy atom. The number of hydrogen-bond donors (Lipinski definition) is 2. The van der Waals surface area contributed by atoms with Crippen LogP contribution >= 0.6 is 12.2 Å². The smallest absolute Gasteiger partial charge is 0.242 e. The van der Waals surface area contributed by atoms with Gasteiger partial charge in [-0.05, 0) is 62.3 Å². The lowest BCUT2D eigenvalue weighted by molar-refractivity contribution is 0.0979. The van der Waals surface area contributed by atoms with Crippen LogP contribution in [-0.2, 0) is 21.2 Å². The highest BCUT2D eigenvalue weighted by molar-refractivity contribution is 7.89. The first-order valence-electron chi connectivity index (χ1n) is 12.7. The van der Waals surface area contributed by atoms with Gasteiger partial charge in [0, 0.05) is 44.4 Å². The van der Waals surface area contributed by atoms with Gasteiger partial charge in [0.05, 0.1) is 21.5 Å². The number of ether oxygens (including phenoxy) is 1. The Morgan fingerprint density at radius 1 is 1.14 bits per heavy atom. The number of rotatable bonds is 8. The predicted octanol–water partition coefficient (Wildman–Crippen LogP) is 4.22. The highest BCUT2D eigenvalue weighted by atomic mass is 32.2. The second-order valence-electron chi connectivity index (χ2n) is 9.77. The summed E-state index contributed by atoms with van der Waals surface area (Å²) in [6, 6.07) is 9.38. The van der Waals surface area contributed by atoms with Gasteiger partial charge >= 0.3 is 0 Å². The molecule has 3 aromatic rings. The fourth-order valence-electron chi connectivity index (χ4n) is 4.97. The summed E-state index contributed by atoms with van der Waals surface area (Å²) in [5, 5.41) is 3.48. The second-order valence-corrected chi connectivity index (χ2v) is 12.3. The van der Waals surface area contributed by atoms with Gasteiger partial charge in [-0.15, -0.1) is 0 Å². The van der Waals surface area contributed by atoms with E-state index in [0.29, 0.717) is 24.8 Å². The van der Waals surface area contributed by atoms with E-state index in [4.69, 9.17) is 17.0 Å². The second kappa shape index (κ2) is 10.9. The third kappa shape index (κ3) is 5.77. The summed E-state index contributed by atoms with van der Waals surface area (Å²) in [5.74, 6) is 0.919. The molecule has 0 saturated carbocycles. The maximum absolute atomic E-state index is 13.0. The van der Waals surface area contributed by atoms with Crippen molar-refractivity contribution in [3.05, 3.63) is 42.4 Å². The molecule has 2 fully saturated rings. The number of aryl methyl sites for hydroxylation is 1. The van der Waals surface area contributed by atoms with Crippen molar-refractivity contribution < 1.29 is 13.2 Å². The monoisotopic (exact) mass is 527 g/mol. The molecule has 0 radical (unpaired) electrons. The average molecular weight is 528 g/mol. The topological polar surface area (TPSA) is 100 Å². The van der Waals surface area contributed by atoms with E-state index in [1.165, 1.54) is 17.1 Å². The summed E-state index contributed by atoms with van der Waals surface area (Å²) in [4.78, 5) is 13.9. The Balaban J connectivity index is 1.26. The van der Waals surface area contributed by atoms with Crippen LogP contribution < -0.4 is 5.32 Å². The fourth-order valence-corrected chi connectivity index (χ4v) is 6.49. The SMILES string of the molecule is CN(CC1CCCO1)S(=O)(=O)c1ccc(-c2cnc3nc(CCC4CCCCC(=S)N4)[nH]c3c2)cc1. The molecule has 0 amide bonds. The van der Waals surface area contributed by atoms with Crippen molar-refractivity contribution in [3.8, 4) is 11.1 Å². The fraction of sp³-hybridized carbons (Fsp3) is 0.500. The quantitative estimate of drug-likeness (QED) is 0.423. The van der Waals surface area contributed by atoms with E-state index >= 15 is 0 Å². The van der Waals surface area contributed by atoms with Crippen molar-refractivity contribution in [1.29, 1.82) is 0 Å². The number of benzene rings is 1. The third-order valence-corrected chi connectivity index (χ3v) is 9.23. The van der Waals surface area contributed by atoms with Crippen LogP contribution in [0.1, 0.15) is 50.8 Å². The molecule has 1 aromatic carbocycles. The molecule has 0 spiro atoms. The van der Waals surface area contributed by atoms with Crippen molar-refractivity contribution in [2.75, 3.05) is 20.2 Å². The van der Waals surface area contributed by atoms with Crippen LogP contribution in [0.25, 0.3) is 22.3 Å². The van der Waals surface area contributed by atoms with Gasteiger partial charge in [-0.2, -0.15) is 4.31 Å². The van der Waals surface area contributed by atoms with E-state index in [1.807, 2.05) is 18.2 Å². The average Bonchev–Trinajstić information content (AvgIpc) is 3.48. The van der Waals surface area contributed by atoms with Crippen LogP contribution in [0.3, 0.4) is 0 Å². The maximum atomic E-state index is 13.0. The molecule has 2 aromatic heterocycles. The standard InChI is InChI=1S/C26H33N5O3S2/c1-31(17-21-6-4-14-34-21)36(32,33)22-11-8-18(9-12-22)19-15-23-26(27-16-19)30-24(29-23)13-10-20-5-2-3-7-25(35)28-20/h8-9,11-12,15-16,20-21H,2-7,10,13-14,17H2,1H3,(H,28,35)(H,27,29,30). The van der Waals surface area contributed by atoms with Crippen LogP contribution in [0.5, 0.6) is 0 Å². The van der Waals surface area contributed by atoms with Crippen molar-refractivity contribution >= 4 is 38.4 Å². The molecule has 4 heterocycles. The Bertz CT molecular complexity index is 1320. The highest BCUT2D eigenvalue weighted by Crippen LogP contribution is 2.25. The van der Waals surface area contributed by atoms with Gasteiger partial charge in [0.2, 0.25) is 10.0 Å². The lowest BCUT2D eigenvalue weighted by atomic mass is 10.1. The summed E-state index contributed by atoms with van der Waals surface area (Å²) in [6.45, 7) is 1.08. The maximum Gasteiger partial charge on any atom is 0.242 e. The lowest BCUT2D eigenvalue weighted by Crippen LogP contribution is -2.34. The number of aromatic amines is 1. The molecule has 5 rings (SSSR count). The number of H-pyrrole nitrogens is 1. The molecule has 2 atom stereocenters. The number of fused-ring (bicyclic) bond motifs is 1. The lowest BCUT2D eigenvalue weighted by Gasteiger charge is -2.20. The Morgan fingerprint density at radius 3 is 2.75 bits per heavy atom. The summed E-state index contributed by atoms with van der Waals surface area (Å²) >= 11 is 5.40. The first-order valence-corrected chi connectivity index (χ1v) is 14.6. The van der Waals surface area contributed by atoms with Gasteiger partial charge in [-0.3, -0.25) is 0 Å². The molecular weight excluding hydrogens is 494 g/mol. The summed E-state index contributed by atoms with van der Waals surface area (Å²) in [7, 11) is -1.96. The normalized spacial score (nSPS) is 21.1. The molecule has 10 heteroatoms. The molecule has 2 aliphatic rings. The molecule has 0 bridgehead atoms. The highest BCUT2D eigenvalue weighted by Gasteiger charge is 2.26. The molecule has 0 aliphatic carbocycles. The largest absolute Gasteiger partial charge is 0.377 e. The van der Waals surface area contributed by atoms with E-state index < -0.39 is 10.0 Å². The number of nitrogens with zero attached hydrogens (tertiary/aromatic N) is 3. The first-order chi connectivity index (χ1) is 17.4.